The molecule has 0 saturated heterocycles. The lowest BCUT2D eigenvalue weighted by atomic mass is 9.87. The molecule has 1 aliphatic carbocycles. The summed E-state index contributed by atoms with van der Waals surface area (Å²) < 4.78 is 45.1. The van der Waals surface area contributed by atoms with Crippen molar-refractivity contribution in [2.45, 2.75) is 62.9 Å². The largest absolute Gasteiger partial charge is 0.744 e. The van der Waals surface area contributed by atoms with Crippen LogP contribution in [-0.4, -0.2) is 25.7 Å². The normalized spacial score (nSPS) is 20.8. The van der Waals surface area contributed by atoms with Crippen LogP contribution in [0.2, 0.25) is 0 Å². The highest BCUT2D eigenvalue weighted by molar-refractivity contribution is 7.85. The maximum atomic E-state index is 11.0. The Labute approximate surface area is 173 Å². The predicted octanol–water partition coefficient (Wildman–Crippen LogP) is 5.12. The Morgan fingerprint density at radius 2 is 1.69 bits per heavy atom. The molecule has 1 aliphatic rings. The van der Waals surface area contributed by atoms with Crippen molar-refractivity contribution in [2.75, 3.05) is 6.61 Å². The zero-order valence-electron chi connectivity index (χ0n) is 17.0. The molecule has 6 heteroatoms. The average Bonchev–Trinajstić information content (AvgIpc) is 2.72. The van der Waals surface area contributed by atoms with Crippen molar-refractivity contribution >= 4 is 10.1 Å². The van der Waals surface area contributed by atoms with Crippen LogP contribution in [0.5, 0.6) is 11.5 Å². The number of hydrogen-bond donors (Lipinski definition) is 0. The molecule has 1 fully saturated rings. The first-order chi connectivity index (χ1) is 13.8. The van der Waals surface area contributed by atoms with Crippen molar-refractivity contribution in [3.8, 4) is 11.5 Å². The summed E-state index contributed by atoms with van der Waals surface area (Å²) in [5.41, 5.74) is 1.33. The van der Waals surface area contributed by atoms with Crippen molar-refractivity contribution in [3.05, 3.63) is 54.1 Å². The summed E-state index contributed by atoms with van der Waals surface area (Å²) in [7, 11) is -4.43. The van der Waals surface area contributed by atoms with Crippen molar-refractivity contribution in [1.29, 1.82) is 0 Å². The van der Waals surface area contributed by atoms with Crippen molar-refractivity contribution in [2.24, 2.45) is 5.92 Å². The molecule has 0 aromatic heterocycles. The van der Waals surface area contributed by atoms with Gasteiger partial charge in [0.1, 0.15) is 21.6 Å². The molecular formula is C23H29O5S-. The van der Waals surface area contributed by atoms with E-state index in [0.717, 1.165) is 37.9 Å². The van der Waals surface area contributed by atoms with Crippen LogP contribution >= 0.6 is 0 Å². The number of ether oxygens (including phenoxy) is 2. The van der Waals surface area contributed by atoms with Gasteiger partial charge in [0.25, 0.3) is 0 Å². The third-order valence-corrected chi connectivity index (χ3v) is 6.55. The molecule has 3 unspecified atom stereocenters. The lowest BCUT2D eigenvalue weighted by Gasteiger charge is -2.29. The maximum Gasteiger partial charge on any atom is 0.124 e. The molecule has 2 aromatic carbocycles. The Balaban J connectivity index is 1.50. The molecule has 0 amide bonds. The smallest absolute Gasteiger partial charge is 0.124 e. The molecule has 2 aromatic rings. The maximum absolute atomic E-state index is 11.0. The first-order valence-electron chi connectivity index (χ1n) is 10.3. The molecule has 5 nitrogen and oxygen atoms in total. The van der Waals surface area contributed by atoms with Crippen LogP contribution in [0.3, 0.4) is 0 Å². The highest BCUT2D eigenvalue weighted by atomic mass is 32.2. The molecule has 3 rings (SSSR count). The third-order valence-electron chi connectivity index (χ3n) is 5.70. The summed E-state index contributed by atoms with van der Waals surface area (Å²) in [6.07, 6.45) is 5.23. The van der Waals surface area contributed by atoms with E-state index in [-0.39, 0.29) is 11.0 Å². The highest BCUT2D eigenvalue weighted by Gasteiger charge is 2.24. The standard InChI is InChI=1S/C23H30O5S/c1-3-17(2)19-7-9-20(10-8-19)27-16-18-5-4-6-22(15-18)28-21-11-13-23(14-12-21)29(24,25)26/h7-14,17-18,22H,3-6,15-16H2,1-2H3,(H,24,25,26)/p-1. The first-order valence-corrected chi connectivity index (χ1v) is 11.7. The van der Waals surface area contributed by atoms with Gasteiger partial charge in [-0.1, -0.05) is 26.0 Å². The molecule has 0 aliphatic heterocycles. The highest BCUT2D eigenvalue weighted by Crippen LogP contribution is 2.29. The van der Waals surface area contributed by atoms with Crippen LogP contribution < -0.4 is 9.47 Å². The predicted molar refractivity (Wildman–Crippen MR) is 111 cm³/mol. The Bertz CT molecular complexity index is 874. The van der Waals surface area contributed by atoms with Gasteiger partial charge < -0.3 is 14.0 Å². The van der Waals surface area contributed by atoms with Gasteiger partial charge in [-0.2, -0.15) is 0 Å². The van der Waals surface area contributed by atoms with E-state index in [9.17, 15) is 13.0 Å². The van der Waals surface area contributed by atoms with Crippen LogP contribution in [0.25, 0.3) is 0 Å². The van der Waals surface area contributed by atoms with Crippen molar-refractivity contribution in [1.82, 2.24) is 0 Å². The van der Waals surface area contributed by atoms with E-state index in [2.05, 4.69) is 26.0 Å². The van der Waals surface area contributed by atoms with E-state index < -0.39 is 10.1 Å². The van der Waals surface area contributed by atoms with Gasteiger partial charge in [-0.15, -0.1) is 0 Å². The van der Waals surface area contributed by atoms with Crippen LogP contribution in [0.4, 0.5) is 0 Å². The zero-order chi connectivity index (χ0) is 20.9. The first kappa shape index (κ1) is 21.7. The van der Waals surface area contributed by atoms with Gasteiger partial charge in [-0.25, -0.2) is 8.42 Å². The lowest BCUT2D eigenvalue weighted by Crippen LogP contribution is -2.28. The van der Waals surface area contributed by atoms with E-state index in [1.807, 2.05) is 12.1 Å². The summed E-state index contributed by atoms with van der Waals surface area (Å²) in [5.74, 6) is 2.46. The van der Waals surface area contributed by atoms with E-state index in [1.165, 1.54) is 17.7 Å². The van der Waals surface area contributed by atoms with Crippen LogP contribution in [0.15, 0.2) is 53.4 Å². The molecule has 0 bridgehead atoms. The molecular weight excluding hydrogens is 388 g/mol. The van der Waals surface area contributed by atoms with Gasteiger partial charge in [0.05, 0.1) is 17.6 Å². The van der Waals surface area contributed by atoms with E-state index in [1.54, 1.807) is 12.1 Å². The Hall–Kier alpha value is -2.05. The number of hydrogen-bond acceptors (Lipinski definition) is 5. The molecule has 1 saturated carbocycles. The van der Waals surface area contributed by atoms with Gasteiger partial charge in [0.15, 0.2) is 0 Å². The summed E-state index contributed by atoms with van der Waals surface area (Å²) >= 11 is 0. The number of rotatable bonds is 8. The summed E-state index contributed by atoms with van der Waals surface area (Å²) in [5, 5.41) is 0. The van der Waals surface area contributed by atoms with Gasteiger partial charge in [-0.05, 0) is 85.9 Å². The second kappa shape index (κ2) is 9.63. The van der Waals surface area contributed by atoms with Gasteiger partial charge in [0, 0.05) is 0 Å². The molecule has 3 atom stereocenters. The van der Waals surface area contributed by atoms with Crippen molar-refractivity contribution < 1.29 is 22.4 Å². The van der Waals surface area contributed by atoms with Crippen LogP contribution in [-0.2, 0) is 10.1 Å². The fourth-order valence-electron chi connectivity index (χ4n) is 3.72. The Morgan fingerprint density at radius 3 is 2.31 bits per heavy atom. The van der Waals surface area contributed by atoms with E-state index in [0.29, 0.717) is 24.2 Å². The van der Waals surface area contributed by atoms with Crippen LogP contribution in [0, 0.1) is 5.92 Å². The fourth-order valence-corrected chi connectivity index (χ4v) is 4.19. The van der Waals surface area contributed by atoms with Gasteiger partial charge >= 0.3 is 0 Å². The van der Waals surface area contributed by atoms with Gasteiger partial charge in [0.2, 0.25) is 0 Å². The third kappa shape index (κ3) is 6.21. The quantitative estimate of drug-likeness (QED) is 0.557. The Kier molecular flexibility index (Phi) is 7.19. The summed E-state index contributed by atoms with van der Waals surface area (Å²) in [6, 6.07) is 14.1. The zero-order valence-corrected chi connectivity index (χ0v) is 17.9. The van der Waals surface area contributed by atoms with Crippen molar-refractivity contribution in [3.63, 3.8) is 0 Å². The lowest BCUT2D eigenvalue weighted by molar-refractivity contribution is 0.0988. The molecule has 0 radical (unpaired) electrons. The molecule has 29 heavy (non-hydrogen) atoms. The summed E-state index contributed by atoms with van der Waals surface area (Å²) in [4.78, 5) is -0.237. The Morgan fingerprint density at radius 1 is 1.03 bits per heavy atom. The fraction of sp³-hybridized carbons (Fsp3) is 0.478. The topological polar surface area (TPSA) is 75.7 Å². The minimum absolute atomic E-state index is 0.0693. The molecule has 0 heterocycles. The van der Waals surface area contributed by atoms with Gasteiger partial charge in [-0.3, -0.25) is 0 Å². The van der Waals surface area contributed by atoms with Crippen LogP contribution in [0.1, 0.15) is 57.4 Å². The average molecular weight is 418 g/mol. The second-order valence-corrected chi connectivity index (χ2v) is 9.27. The minimum atomic E-state index is -4.43. The number of benzene rings is 2. The SMILES string of the molecule is CCC(C)c1ccc(OCC2CCCC(Oc3ccc(S(=O)(=O)[O-])cc3)C2)cc1. The minimum Gasteiger partial charge on any atom is -0.744 e. The van der Waals surface area contributed by atoms with E-state index in [4.69, 9.17) is 9.47 Å². The molecule has 158 valence electrons. The van der Waals surface area contributed by atoms with E-state index >= 15 is 0 Å². The summed E-state index contributed by atoms with van der Waals surface area (Å²) in [6.45, 7) is 5.08. The molecule has 0 spiro atoms. The second-order valence-electron chi connectivity index (χ2n) is 7.89. The monoisotopic (exact) mass is 417 g/mol. The molecule has 0 N–H and O–H groups in total.